The highest BCUT2D eigenvalue weighted by atomic mass is 35.5. The number of halogens is 2. The third-order valence-corrected chi connectivity index (χ3v) is 7.38. The van der Waals surface area contributed by atoms with Gasteiger partial charge < -0.3 is 10.6 Å². The number of benzene rings is 3. The number of para-hydroxylation sites is 1. The molecular weight excluding hydrogens is 485 g/mol. The van der Waals surface area contributed by atoms with E-state index < -0.39 is 22.5 Å². The number of carbonyl (C=O) groups excluding carboxylic acids is 2. The third-order valence-electron chi connectivity index (χ3n) is 4.65. The molecule has 0 saturated heterocycles. The summed E-state index contributed by atoms with van der Waals surface area (Å²) >= 11 is 12.4. The van der Waals surface area contributed by atoms with Crippen molar-refractivity contribution in [1.29, 1.82) is 0 Å². The van der Waals surface area contributed by atoms with E-state index in [2.05, 4.69) is 10.6 Å². The molecule has 0 aliphatic heterocycles. The van der Waals surface area contributed by atoms with Crippen molar-refractivity contribution in [2.24, 2.45) is 0 Å². The van der Waals surface area contributed by atoms with Gasteiger partial charge in [0.1, 0.15) is 11.4 Å². The number of anilines is 3. The predicted molar refractivity (Wildman–Crippen MR) is 132 cm³/mol. The number of carbonyl (C=O) groups is 2. The number of rotatable bonds is 7. The number of nitrogens with zero attached hydrogens (tertiary/aromatic N) is 1. The number of aryl methyl sites for hydroxylation is 1. The highest BCUT2D eigenvalue weighted by Gasteiger charge is 2.31. The standard InChI is InChI=1S/C23H21Cl2N3O4S/c1-15-6-3-4-9-21(15)27-22(30)14-28(18-12-10-17(11-13-18)26-16(2)29)33(31,32)23-19(24)7-5-8-20(23)25/h3-13H,14H2,1-2H3,(H,26,29)(H,27,30). The van der Waals surface area contributed by atoms with Crippen molar-refractivity contribution in [2.75, 3.05) is 21.5 Å². The van der Waals surface area contributed by atoms with E-state index in [1.165, 1.54) is 49.4 Å². The van der Waals surface area contributed by atoms with Crippen LogP contribution in [0.5, 0.6) is 0 Å². The summed E-state index contributed by atoms with van der Waals surface area (Å²) in [5.41, 5.74) is 2.06. The van der Waals surface area contributed by atoms with Gasteiger partial charge in [0, 0.05) is 18.3 Å². The summed E-state index contributed by atoms with van der Waals surface area (Å²) in [7, 11) is -4.33. The zero-order valence-corrected chi connectivity index (χ0v) is 20.1. The van der Waals surface area contributed by atoms with E-state index in [0.29, 0.717) is 11.4 Å². The molecule has 10 heteroatoms. The zero-order chi connectivity index (χ0) is 24.2. The van der Waals surface area contributed by atoms with Crippen LogP contribution in [0.3, 0.4) is 0 Å². The van der Waals surface area contributed by atoms with Gasteiger partial charge in [0.2, 0.25) is 11.8 Å². The minimum Gasteiger partial charge on any atom is -0.326 e. The Balaban J connectivity index is 2.02. The normalized spacial score (nSPS) is 11.0. The largest absolute Gasteiger partial charge is 0.326 e. The average molecular weight is 506 g/mol. The molecule has 3 aromatic rings. The fraction of sp³-hybridized carbons (Fsp3) is 0.130. The molecule has 3 rings (SSSR count). The van der Waals surface area contributed by atoms with E-state index in [9.17, 15) is 18.0 Å². The molecule has 33 heavy (non-hydrogen) atoms. The van der Waals surface area contributed by atoms with Crippen LogP contribution in [0, 0.1) is 6.92 Å². The molecule has 0 heterocycles. The molecule has 3 aromatic carbocycles. The Bertz CT molecular complexity index is 1280. The van der Waals surface area contributed by atoms with Crippen molar-refractivity contribution in [3.8, 4) is 0 Å². The van der Waals surface area contributed by atoms with Crippen molar-refractivity contribution in [3.05, 3.63) is 82.3 Å². The van der Waals surface area contributed by atoms with E-state index in [4.69, 9.17) is 23.2 Å². The van der Waals surface area contributed by atoms with Gasteiger partial charge in [0.25, 0.3) is 10.0 Å². The maximum atomic E-state index is 13.6. The Labute approximate surface area is 202 Å². The van der Waals surface area contributed by atoms with E-state index in [-0.39, 0.29) is 26.5 Å². The molecule has 2 N–H and O–H groups in total. The van der Waals surface area contributed by atoms with Crippen LogP contribution in [0.15, 0.2) is 71.6 Å². The van der Waals surface area contributed by atoms with Crippen molar-refractivity contribution in [2.45, 2.75) is 18.7 Å². The highest BCUT2D eigenvalue weighted by Crippen LogP contribution is 2.34. The quantitative estimate of drug-likeness (QED) is 0.467. The number of hydrogen-bond donors (Lipinski definition) is 2. The van der Waals surface area contributed by atoms with Crippen molar-refractivity contribution in [1.82, 2.24) is 0 Å². The summed E-state index contributed by atoms with van der Waals surface area (Å²) in [4.78, 5) is 23.9. The molecule has 172 valence electrons. The first-order valence-corrected chi connectivity index (χ1v) is 12.0. The van der Waals surface area contributed by atoms with Crippen LogP contribution in [-0.4, -0.2) is 26.8 Å². The summed E-state index contributed by atoms with van der Waals surface area (Å²) in [6, 6.07) is 17.5. The smallest absolute Gasteiger partial charge is 0.267 e. The van der Waals surface area contributed by atoms with Gasteiger partial charge in [-0.05, 0) is 55.0 Å². The molecule has 0 bridgehead atoms. The fourth-order valence-electron chi connectivity index (χ4n) is 3.10. The van der Waals surface area contributed by atoms with E-state index in [1.807, 2.05) is 19.1 Å². The van der Waals surface area contributed by atoms with Crippen LogP contribution in [0.4, 0.5) is 17.1 Å². The Kier molecular flexibility index (Phi) is 7.63. The lowest BCUT2D eigenvalue weighted by atomic mass is 10.2. The van der Waals surface area contributed by atoms with E-state index in [0.717, 1.165) is 9.87 Å². The summed E-state index contributed by atoms with van der Waals surface area (Å²) in [5.74, 6) is -0.824. The third kappa shape index (κ3) is 5.84. The van der Waals surface area contributed by atoms with Crippen LogP contribution in [0.1, 0.15) is 12.5 Å². The van der Waals surface area contributed by atoms with Crippen molar-refractivity contribution in [3.63, 3.8) is 0 Å². The molecule has 0 saturated carbocycles. The second-order valence-electron chi connectivity index (χ2n) is 7.15. The Morgan fingerprint density at radius 3 is 2.06 bits per heavy atom. The monoisotopic (exact) mass is 505 g/mol. The lowest BCUT2D eigenvalue weighted by Crippen LogP contribution is -2.38. The minimum absolute atomic E-state index is 0.0679. The van der Waals surface area contributed by atoms with Gasteiger partial charge in [-0.15, -0.1) is 0 Å². The summed E-state index contributed by atoms with van der Waals surface area (Å²) in [6.07, 6.45) is 0. The SMILES string of the molecule is CC(=O)Nc1ccc(N(CC(=O)Nc2ccccc2C)S(=O)(=O)c2c(Cl)cccc2Cl)cc1. The first kappa shape index (κ1) is 24.6. The summed E-state index contributed by atoms with van der Waals surface area (Å²) in [6.45, 7) is 2.66. The van der Waals surface area contributed by atoms with Crippen molar-refractivity contribution < 1.29 is 18.0 Å². The summed E-state index contributed by atoms with van der Waals surface area (Å²) < 4.78 is 28.1. The fourth-order valence-corrected chi connectivity index (χ4v) is 5.62. The zero-order valence-electron chi connectivity index (χ0n) is 17.8. The molecule has 0 fully saturated rings. The molecule has 0 spiro atoms. The van der Waals surface area contributed by atoms with Gasteiger partial charge in [-0.25, -0.2) is 8.42 Å². The molecule has 0 atom stereocenters. The number of hydrogen-bond acceptors (Lipinski definition) is 4. The second kappa shape index (κ2) is 10.2. The molecule has 0 unspecified atom stereocenters. The van der Waals surface area contributed by atoms with Crippen LogP contribution >= 0.6 is 23.2 Å². The van der Waals surface area contributed by atoms with E-state index in [1.54, 1.807) is 12.1 Å². The molecule has 0 aliphatic rings. The van der Waals surface area contributed by atoms with Gasteiger partial charge in [-0.2, -0.15) is 0 Å². The number of amides is 2. The molecule has 2 amide bonds. The molecule has 7 nitrogen and oxygen atoms in total. The molecular formula is C23H21Cl2N3O4S. The second-order valence-corrected chi connectivity index (χ2v) is 9.77. The van der Waals surface area contributed by atoms with Crippen LogP contribution in [0.25, 0.3) is 0 Å². The summed E-state index contributed by atoms with van der Waals surface area (Å²) in [5, 5.41) is 5.21. The van der Waals surface area contributed by atoms with Crippen LogP contribution in [-0.2, 0) is 19.6 Å². The van der Waals surface area contributed by atoms with Crippen molar-refractivity contribution >= 4 is 62.1 Å². The van der Waals surface area contributed by atoms with Gasteiger partial charge >= 0.3 is 0 Å². The lowest BCUT2D eigenvalue weighted by molar-refractivity contribution is -0.115. The molecule has 0 aliphatic carbocycles. The molecule has 0 radical (unpaired) electrons. The van der Waals surface area contributed by atoms with Gasteiger partial charge in [0.05, 0.1) is 15.7 Å². The number of nitrogens with one attached hydrogen (secondary N) is 2. The van der Waals surface area contributed by atoms with Gasteiger partial charge in [0.15, 0.2) is 0 Å². The highest BCUT2D eigenvalue weighted by molar-refractivity contribution is 7.93. The lowest BCUT2D eigenvalue weighted by Gasteiger charge is -2.25. The minimum atomic E-state index is -4.33. The van der Waals surface area contributed by atoms with Crippen LogP contribution in [0.2, 0.25) is 10.0 Å². The number of sulfonamides is 1. The Morgan fingerprint density at radius 1 is 0.879 bits per heavy atom. The van der Waals surface area contributed by atoms with Gasteiger partial charge in [-0.3, -0.25) is 13.9 Å². The Hall–Kier alpha value is -3.07. The maximum Gasteiger partial charge on any atom is 0.267 e. The maximum absolute atomic E-state index is 13.6. The predicted octanol–water partition coefficient (Wildman–Crippen LogP) is 5.09. The van der Waals surface area contributed by atoms with Gasteiger partial charge in [-0.1, -0.05) is 47.5 Å². The van der Waals surface area contributed by atoms with Crippen LogP contribution < -0.4 is 14.9 Å². The first-order chi connectivity index (χ1) is 15.6. The average Bonchev–Trinajstić information content (AvgIpc) is 2.73. The first-order valence-electron chi connectivity index (χ1n) is 9.79. The molecule has 0 aromatic heterocycles. The Morgan fingerprint density at radius 2 is 1.48 bits per heavy atom. The van der Waals surface area contributed by atoms with E-state index >= 15 is 0 Å². The topological polar surface area (TPSA) is 95.6 Å².